The molecule has 0 saturated carbocycles. The molecule has 1 fully saturated rings. The topological polar surface area (TPSA) is 35.2 Å². The Morgan fingerprint density at radius 3 is 2.71 bits per heavy atom. The lowest BCUT2D eigenvalue weighted by Crippen LogP contribution is -2.36. The van der Waals surface area contributed by atoms with Crippen LogP contribution in [0.3, 0.4) is 0 Å². The largest absolute Gasteiger partial charge is 0.374 e. The van der Waals surface area contributed by atoms with Gasteiger partial charge in [0.25, 0.3) is 0 Å². The molecular weight excluding hydrogens is 224 g/mol. The van der Waals surface area contributed by atoms with E-state index in [0.29, 0.717) is 12.0 Å². The molecule has 2 N–H and O–H groups in total. The van der Waals surface area contributed by atoms with Crippen LogP contribution in [0.4, 0.5) is 8.78 Å². The van der Waals surface area contributed by atoms with Gasteiger partial charge < -0.3 is 10.5 Å². The zero-order chi connectivity index (χ0) is 12.4. The Balaban J connectivity index is 1.98. The van der Waals surface area contributed by atoms with Crippen LogP contribution >= 0.6 is 0 Å². The Hall–Kier alpha value is -1.00. The van der Waals surface area contributed by atoms with Gasteiger partial charge in [-0.05, 0) is 43.9 Å². The van der Waals surface area contributed by atoms with E-state index in [1.807, 2.05) is 6.92 Å². The van der Waals surface area contributed by atoms with E-state index in [0.717, 1.165) is 18.9 Å². The third kappa shape index (κ3) is 3.01. The summed E-state index contributed by atoms with van der Waals surface area (Å²) in [6, 6.07) is 3.74. The van der Waals surface area contributed by atoms with Crippen LogP contribution in [0.15, 0.2) is 18.2 Å². The summed E-state index contributed by atoms with van der Waals surface area (Å²) in [4.78, 5) is 0. The van der Waals surface area contributed by atoms with Crippen molar-refractivity contribution >= 4 is 0 Å². The number of ether oxygens (including phenoxy) is 1. The predicted molar refractivity (Wildman–Crippen MR) is 61.6 cm³/mol. The highest BCUT2D eigenvalue weighted by Gasteiger charge is 2.27. The fourth-order valence-corrected chi connectivity index (χ4v) is 2.22. The molecule has 0 amide bonds. The first-order chi connectivity index (χ1) is 8.06. The Morgan fingerprint density at radius 1 is 1.35 bits per heavy atom. The van der Waals surface area contributed by atoms with Crippen LogP contribution in [-0.2, 0) is 11.2 Å². The van der Waals surface area contributed by atoms with E-state index in [1.54, 1.807) is 6.07 Å². The van der Waals surface area contributed by atoms with Gasteiger partial charge in [-0.3, -0.25) is 0 Å². The maximum Gasteiger partial charge on any atom is 0.159 e. The average molecular weight is 241 g/mol. The van der Waals surface area contributed by atoms with Crippen molar-refractivity contribution < 1.29 is 13.5 Å². The van der Waals surface area contributed by atoms with Gasteiger partial charge in [-0.1, -0.05) is 6.07 Å². The maximum absolute atomic E-state index is 13.0. The molecule has 3 unspecified atom stereocenters. The number of nitrogens with two attached hydrogens (primary N) is 1. The third-order valence-corrected chi connectivity index (χ3v) is 3.20. The molecule has 0 aromatic heterocycles. The normalized spacial score (nSPS) is 26.1. The summed E-state index contributed by atoms with van der Waals surface area (Å²) in [5, 5.41) is 0. The van der Waals surface area contributed by atoms with Crippen molar-refractivity contribution in [1.82, 2.24) is 0 Å². The predicted octanol–water partition coefficient (Wildman–Crippen LogP) is 2.40. The molecule has 1 aliphatic heterocycles. The molecular formula is C13H17F2NO. The number of hydrogen-bond acceptors (Lipinski definition) is 2. The lowest BCUT2D eigenvalue weighted by molar-refractivity contribution is 0.0404. The van der Waals surface area contributed by atoms with Gasteiger partial charge in [0.1, 0.15) is 0 Å². The zero-order valence-electron chi connectivity index (χ0n) is 9.83. The number of rotatable bonds is 3. The molecule has 17 heavy (non-hydrogen) atoms. The van der Waals surface area contributed by atoms with Crippen molar-refractivity contribution in [3.63, 3.8) is 0 Å². The molecule has 1 saturated heterocycles. The molecule has 0 spiro atoms. The quantitative estimate of drug-likeness (QED) is 0.882. The second kappa shape index (κ2) is 5.10. The van der Waals surface area contributed by atoms with Gasteiger partial charge in [0, 0.05) is 6.04 Å². The Morgan fingerprint density at radius 2 is 2.12 bits per heavy atom. The SMILES string of the molecule is CC1CCC(C(N)Cc2ccc(F)c(F)c2)O1. The number of hydrogen-bond donors (Lipinski definition) is 1. The molecule has 0 aliphatic carbocycles. The molecule has 1 aromatic rings. The Bertz CT molecular complexity index is 397. The lowest BCUT2D eigenvalue weighted by atomic mass is 10.00. The lowest BCUT2D eigenvalue weighted by Gasteiger charge is -2.19. The van der Waals surface area contributed by atoms with Crippen LogP contribution in [-0.4, -0.2) is 18.2 Å². The van der Waals surface area contributed by atoms with Gasteiger partial charge in [0.2, 0.25) is 0 Å². The molecule has 1 heterocycles. The van der Waals surface area contributed by atoms with Crippen molar-refractivity contribution in [3.8, 4) is 0 Å². The van der Waals surface area contributed by atoms with E-state index in [2.05, 4.69) is 0 Å². The highest BCUT2D eigenvalue weighted by Crippen LogP contribution is 2.22. The third-order valence-electron chi connectivity index (χ3n) is 3.20. The Kier molecular flexibility index (Phi) is 3.74. The standard InChI is InChI=1S/C13H17F2NO/c1-8-2-5-13(17-8)12(16)7-9-3-4-10(14)11(15)6-9/h3-4,6,8,12-13H,2,5,7,16H2,1H3. The van der Waals surface area contributed by atoms with E-state index in [9.17, 15) is 8.78 Å². The first-order valence-electron chi connectivity index (χ1n) is 5.91. The van der Waals surface area contributed by atoms with E-state index in [-0.39, 0.29) is 18.2 Å². The molecule has 1 aliphatic rings. The van der Waals surface area contributed by atoms with Crippen LogP contribution in [0.25, 0.3) is 0 Å². The second-order valence-electron chi connectivity index (χ2n) is 4.68. The molecule has 3 atom stereocenters. The van der Waals surface area contributed by atoms with Gasteiger partial charge in [0.05, 0.1) is 12.2 Å². The summed E-state index contributed by atoms with van der Waals surface area (Å²) in [5.74, 6) is -1.65. The molecule has 1 aromatic carbocycles. The second-order valence-corrected chi connectivity index (χ2v) is 4.68. The summed E-state index contributed by atoms with van der Waals surface area (Å²) in [6.45, 7) is 2.02. The smallest absolute Gasteiger partial charge is 0.159 e. The minimum atomic E-state index is -0.826. The van der Waals surface area contributed by atoms with Crippen LogP contribution in [0, 0.1) is 11.6 Å². The molecule has 4 heteroatoms. The fraction of sp³-hybridized carbons (Fsp3) is 0.538. The summed E-state index contributed by atoms with van der Waals surface area (Å²) < 4.78 is 31.4. The number of benzene rings is 1. The summed E-state index contributed by atoms with van der Waals surface area (Å²) in [5.41, 5.74) is 6.73. The summed E-state index contributed by atoms with van der Waals surface area (Å²) in [6.07, 6.45) is 2.73. The fourth-order valence-electron chi connectivity index (χ4n) is 2.22. The summed E-state index contributed by atoms with van der Waals surface area (Å²) >= 11 is 0. The summed E-state index contributed by atoms with van der Waals surface area (Å²) in [7, 11) is 0. The van der Waals surface area contributed by atoms with Crippen molar-refractivity contribution in [2.24, 2.45) is 5.73 Å². The average Bonchev–Trinajstić information content (AvgIpc) is 2.70. The van der Waals surface area contributed by atoms with E-state index in [4.69, 9.17) is 10.5 Å². The van der Waals surface area contributed by atoms with E-state index >= 15 is 0 Å². The van der Waals surface area contributed by atoms with Crippen molar-refractivity contribution in [1.29, 1.82) is 0 Å². The highest BCUT2D eigenvalue weighted by atomic mass is 19.2. The monoisotopic (exact) mass is 241 g/mol. The first kappa shape index (κ1) is 12.5. The van der Waals surface area contributed by atoms with E-state index in [1.165, 1.54) is 6.07 Å². The molecule has 0 radical (unpaired) electrons. The minimum Gasteiger partial charge on any atom is -0.374 e. The van der Waals surface area contributed by atoms with Crippen molar-refractivity contribution in [3.05, 3.63) is 35.4 Å². The van der Waals surface area contributed by atoms with Crippen LogP contribution in [0.2, 0.25) is 0 Å². The highest BCUT2D eigenvalue weighted by molar-refractivity contribution is 5.19. The van der Waals surface area contributed by atoms with E-state index < -0.39 is 11.6 Å². The van der Waals surface area contributed by atoms with Gasteiger partial charge in [-0.25, -0.2) is 8.78 Å². The minimum absolute atomic E-state index is 0.0260. The van der Waals surface area contributed by atoms with Crippen LogP contribution in [0.1, 0.15) is 25.3 Å². The van der Waals surface area contributed by atoms with Gasteiger partial charge in [-0.15, -0.1) is 0 Å². The van der Waals surface area contributed by atoms with Gasteiger partial charge in [-0.2, -0.15) is 0 Å². The molecule has 2 rings (SSSR count). The van der Waals surface area contributed by atoms with Gasteiger partial charge >= 0.3 is 0 Å². The maximum atomic E-state index is 13.0. The van der Waals surface area contributed by atoms with Crippen LogP contribution < -0.4 is 5.73 Å². The number of halogens is 2. The zero-order valence-corrected chi connectivity index (χ0v) is 9.83. The van der Waals surface area contributed by atoms with Crippen molar-refractivity contribution in [2.45, 2.75) is 44.4 Å². The molecule has 2 nitrogen and oxygen atoms in total. The van der Waals surface area contributed by atoms with Crippen LogP contribution in [0.5, 0.6) is 0 Å². The van der Waals surface area contributed by atoms with Crippen molar-refractivity contribution in [2.75, 3.05) is 0 Å². The molecule has 94 valence electrons. The van der Waals surface area contributed by atoms with Gasteiger partial charge in [0.15, 0.2) is 11.6 Å². The Labute approximate surface area is 99.8 Å². The first-order valence-corrected chi connectivity index (χ1v) is 5.91. The molecule has 0 bridgehead atoms.